The summed E-state index contributed by atoms with van der Waals surface area (Å²) in [6, 6.07) is 17.6. The molecule has 138 valence electrons. The lowest BCUT2D eigenvalue weighted by Gasteiger charge is -2.15. The van der Waals surface area contributed by atoms with E-state index in [4.69, 9.17) is 16.6 Å². The summed E-state index contributed by atoms with van der Waals surface area (Å²) in [5.41, 5.74) is 9.12. The van der Waals surface area contributed by atoms with Gasteiger partial charge in [-0.3, -0.25) is 9.83 Å². The van der Waals surface area contributed by atoms with Gasteiger partial charge < -0.3 is 0 Å². The van der Waals surface area contributed by atoms with E-state index in [0.29, 0.717) is 16.2 Å². The van der Waals surface area contributed by atoms with Gasteiger partial charge in [0.1, 0.15) is 11.9 Å². The summed E-state index contributed by atoms with van der Waals surface area (Å²) in [7, 11) is 0. The molecule has 0 saturated heterocycles. The summed E-state index contributed by atoms with van der Waals surface area (Å²) < 4.78 is 1.99. The van der Waals surface area contributed by atoms with Crippen LogP contribution in [0.1, 0.15) is 29.2 Å². The van der Waals surface area contributed by atoms with E-state index in [9.17, 15) is 5.26 Å². The second-order valence-corrected chi connectivity index (χ2v) is 6.91. The number of imidazole rings is 1. The number of hydrogen-bond acceptors (Lipinski definition) is 4. The van der Waals surface area contributed by atoms with Gasteiger partial charge in [0, 0.05) is 5.02 Å². The monoisotopic (exact) mass is 387 g/mol. The third kappa shape index (κ3) is 2.98. The Labute approximate surface area is 167 Å². The Kier molecular flexibility index (Phi) is 4.72. The normalized spacial score (nSPS) is 11.4. The number of anilines is 1. The maximum Gasteiger partial charge on any atom is 0.157 e. The number of halogens is 1. The van der Waals surface area contributed by atoms with Crippen LogP contribution in [0.2, 0.25) is 5.02 Å². The number of hydrogen-bond donors (Lipinski definition) is 1. The van der Waals surface area contributed by atoms with Crippen LogP contribution >= 0.6 is 11.6 Å². The number of rotatable bonds is 4. The van der Waals surface area contributed by atoms with Gasteiger partial charge in [0.25, 0.3) is 0 Å². The van der Waals surface area contributed by atoms with E-state index < -0.39 is 0 Å². The standard InChI is InChI=1S/C22H18ClN5/c1-3-17-14(2)18(12-24)21-26-19-6-4-5-7-20(19)28(21)22(17)27-25-13-15-8-10-16(23)11-9-15/h4-11,13,27H,3H2,1-2H3/b25-13-. The molecule has 0 aliphatic heterocycles. The molecule has 1 N–H and O–H groups in total. The molecule has 0 atom stereocenters. The third-order valence-corrected chi connectivity index (χ3v) is 5.09. The lowest BCUT2D eigenvalue weighted by molar-refractivity contribution is 1.04. The minimum absolute atomic E-state index is 0.597. The van der Waals surface area contributed by atoms with Gasteiger partial charge in [-0.15, -0.1) is 0 Å². The fourth-order valence-corrected chi connectivity index (χ4v) is 3.58. The van der Waals surface area contributed by atoms with Crippen molar-refractivity contribution in [1.29, 1.82) is 5.26 Å². The maximum atomic E-state index is 9.74. The summed E-state index contributed by atoms with van der Waals surface area (Å²) in [5, 5.41) is 14.9. The maximum absolute atomic E-state index is 9.74. The molecule has 2 heterocycles. The van der Waals surface area contributed by atoms with Gasteiger partial charge in [-0.1, -0.05) is 42.8 Å². The van der Waals surface area contributed by atoms with Crippen molar-refractivity contribution in [2.75, 3.05) is 5.43 Å². The highest BCUT2D eigenvalue weighted by Crippen LogP contribution is 2.31. The summed E-state index contributed by atoms with van der Waals surface area (Å²) >= 11 is 5.94. The Balaban J connectivity index is 1.91. The number of nitrogens with zero attached hydrogens (tertiary/aromatic N) is 4. The molecule has 4 rings (SSSR count). The predicted octanol–water partition coefficient (Wildman–Crippen LogP) is 5.33. The Morgan fingerprint density at radius 3 is 2.68 bits per heavy atom. The van der Waals surface area contributed by atoms with E-state index in [1.807, 2.05) is 59.9 Å². The number of nitrogens with one attached hydrogen (secondary N) is 1. The molecule has 0 bridgehead atoms. The molecule has 0 aliphatic carbocycles. The highest BCUT2D eigenvalue weighted by atomic mass is 35.5. The zero-order valence-corrected chi connectivity index (χ0v) is 16.3. The largest absolute Gasteiger partial charge is 0.276 e. The molecule has 0 unspecified atom stereocenters. The van der Waals surface area contributed by atoms with Crippen molar-refractivity contribution >= 4 is 40.3 Å². The van der Waals surface area contributed by atoms with Gasteiger partial charge in [-0.05, 0) is 54.3 Å². The number of fused-ring (bicyclic) bond motifs is 3. The van der Waals surface area contributed by atoms with E-state index in [1.54, 1.807) is 6.21 Å². The number of aromatic nitrogens is 2. The second kappa shape index (κ2) is 7.34. The Morgan fingerprint density at radius 1 is 1.21 bits per heavy atom. The van der Waals surface area contributed by atoms with Crippen molar-refractivity contribution in [3.05, 3.63) is 75.8 Å². The highest BCUT2D eigenvalue weighted by molar-refractivity contribution is 6.30. The quantitative estimate of drug-likeness (QED) is 0.380. The minimum atomic E-state index is 0.597. The van der Waals surface area contributed by atoms with Crippen molar-refractivity contribution in [2.24, 2.45) is 5.10 Å². The lowest BCUT2D eigenvalue weighted by Crippen LogP contribution is -2.07. The summed E-state index contributed by atoms with van der Waals surface area (Å²) in [6.45, 7) is 4.04. The summed E-state index contributed by atoms with van der Waals surface area (Å²) in [5.74, 6) is 0.827. The highest BCUT2D eigenvalue weighted by Gasteiger charge is 2.19. The third-order valence-electron chi connectivity index (χ3n) is 4.84. The Hall–Kier alpha value is -3.36. The van der Waals surface area contributed by atoms with Gasteiger partial charge in [0.2, 0.25) is 0 Å². The molecule has 0 saturated carbocycles. The number of pyridine rings is 1. The van der Waals surface area contributed by atoms with Crippen LogP contribution in [0, 0.1) is 18.3 Å². The van der Waals surface area contributed by atoms with E-state index in [2.05, 4.69) is 23.5 Å². The molecule has 5 nitrogen and oxygen atoms in total. The second-order valence-electron chi connectivity index (χ2n) is 6.47. The fraction of sp³-hybridized carbons (Fsp3) is 0.136. The number of benzene rings is 2. The van der Waals surface area contributed by atoms with Crippen LogP contribution < -0.4 is 5.43 Å². The average Bonchev–Trinajstić information content (AvgIpc) is 3.08. The first-order valence-corrected chi connectivity index (χ1v) is 9.39. The first-order valence-electron chi connectivity index (χ1n) is 9.01. The van der Waals surface area contributed by atoms with Crippen LogP contribution in [-0.4, -0.2) is 15.6 Å². The summed E-state index contributed by atoms with van der Waals surface area (Å²) in [6.07, 6.45) is 2.51. The molecule has 28 heavy (non-hydrogen) atoms. The van der Waals surface area contributed by atoms with E-state index >= 15 is 0 Å². The molecular formula is C22H18ClN5. The van der Waals surface area contributed by atoms with Crippen molar-refractivity contribution in [3.8, 4) is 6.07 Å². The van der Waals surface area contributed by atoms with Crippen LogP contribution in [0.3, 0.4) is 0 Å². The van der Waals surface area contributed by atoms with Crippen LogP contribution in [0.25, 0.3) is 16.7 Å². The van der Waals surface area contributed by atoms with Gasteiger partial charge >= 0.3 is 0 Å². The molecule has 4 aromatic rings. The average molecular weight is 388 g/mol. The Bertz CT molecular complexity index is 1250. The molecule has 6 heteroatoms. The predicted molar refractivity (Wildman–Crippen MR) is 114 cm³/mol. The van der Waals surface area contributed by atoms with Gasteiger partial charge in [0.15, 0.2) is 5.65 Å². The molecule has 0 fully saturated rings. The lowest BCUT2D eigenvalue weighted by atomic mass is 10.0. The molecule has 2 aromatic heterocycles. The zero-order chi connectivity index (χ0) is 19.7. The van der Waals surface area contributed by atoms with Crippen molar-refractivity contribution in [2.45, 2.75) is 20.3 Å². The number of nitriles is 1. The fourth-order valence-electron chi connectivity index (χ4n) is 3.45. The Morgan fingerprint density at radius 2 is 1.96 bits per heavy atom. The first kappa shape index (κ1) is 18.0. The van der Waals surface area contributed by atoms with Gasteiger partial charge in [0.05, 0.1) is 22.8 Å². The van der Waals surface area contributed by atoms with Crippen molar-refractivity contribution in [3.63, 3.8) is 0 Å². The van der Waals surface area contributed by atoms with Crippen LogP contribution in [0.4, 0.5) is 5.82 Å². The SMILES string of the molecule is CCc1c(C)c(C#N)c2nc3ccccc3n2c1N/N=C\c1ccc(Cl)cc1. The topological polar surface area (TPSA) is 65.5 Å². The zero-order valence-electron chi connectivity index (χ0n) is 15.6. The number of para-hydroxylation sites is 2. The van der Waals surface area contributed by atoms with E-state index in [1.165, 1.54) is 0 Å². The molecule has 0 aliphatic rings. The molecule has 0 spiro atoms. The van der Waals surface area contributed by atoms with Crippen LogP contribution in [-0.2, 0) is 6.42 Å². The van der Waals surface area contributed by atoms with Gasteiger partial charge in [-0.25, -0.2) is 4.98 Å². The minimum Gasteiger partial charge on any atom is -0.276 e. The summed E-state index contributed by atoms with van der Waals surface area (Å²) in [4.78, 5) is 4.69. The van der Waals surface area contributed by atoms with E-state index in [-0.39, 0.29) is 0 Å². The van der Waals surface area contributed by atoms with Gasteiger partial charge in [-0.2, -0.15) is 10.4 Å². The first-order chi connectivity index (χ1) is 13.6. The molecular weight excluding hydrogens is 370 g/mol. The van der Waals surface area contributed by atoms with Crippen LogP contribution in [0.15, 0.2) is 53.6 Å². The van der Waals surface area contributed by atoms with E-state index in [0.717, 1.165) is 40.0 Å². The smallest absolute Gasteiger partial charge is 0.157 e. The molecule has 2 aromatic carbocycles. The molecule has 0 amide bonds. The van der Waals surface area contributed by atoms with Crippen molar-refractivity contribution < 1.29 is 0 Å². The van der Waals surface area contributed by atoms with Crippen molar-refractivity contribution in [1.82, 2.24) is 9.38 Å². The van der Waals surface area contributed by atoms with Crippen LogP contribution in [0.5, 0.6) is 0 Å². The molecule has 0 radical (unpaired) electrons. The number of hydrazone groups is 1.